The maximum atomic E-state index is 13.8. The van der Waals surface area contributed by atoms with E-state index in [2.05, 4.69) is 11.8 Å². The van der Waals surface area contributed by atoms with E-state index in [9.17, 15) is 12.8 Å². The Bertz CT molecular complexity index is 643. The van der Waals surface area contributed by atoms with Gasteiger partial charge in [0.25, 0.3) is 0 Å². The Morgan fingerprint density at radius 2 is 2.05 bits per heavy atom. The Morgan fingerprint density at radius 1 is 1.35 bits per heavy atom. The minimum absolute atomic E-state index is 0.0588. The predicted molar refractivity (Wildman–Crippen MR) is 76.4 cm³/mol. The highest BCUT2D eigenvalue weighted by molar-refractivity contribution is 7.99. The average molecular weight is 315 g/mol. The van der Waals surface area contributed by atoms with Crippen molar-refractivity contribution < 1.29 is 17.9 Å². The van der Waals surface area contributed by atoms with Gasteiger partial charge < -0.3 is 5.11 Å². The first-order valence-corrected chi connectivity index (χ1v) is 8.62. The summed E-state index contributed by atoms with van der Waals surface area (Å²) in [6, 6.07) is 3.66. The fraction of sp³-hybridized carbons (Fsp3) is 0.385. The topological polar surface area (TPSA) is 57.6 Å². The van der Waals surface area contributed by atoms with Gasteiger partial charge in [-0.05, 0) is 18.2 Å². The van der Waals surface area contributed by atoms with Crippen molar-refractivity contribution in [2.75, 3.05) is 31.2 Å². The third-order valence-corrected chi connectivity index (χ3v) is 5.69. The van der Waals surface area contributed by atoms with E-state index in [0.717, 1.165) is 17.6 Å². The molecule has 1 aliphatic heterocycles. The molecule has 20 heavy (non-hydrogen) atoms. The molecule has 4 nitrogen and oxygen atoms in total. The molecule has 0 amide bonds. The lowest BCUT2D eigenvalue weighted by Crippen LogP contribution is -2.37. The van der Waals surface area contributed by atoms with E-state index < -0.39 is 15.8 Å². The minimum Gasteiger partial charge on any atom is -0.384 e. The van der Waals surface area contributed by atoms with Gasteiger partial charge in [0.2, 0.25) is 10.0 Å². The summed E-state index contributed by atoms with van der Waals surface area (Å²) < 4.78 is 39.8. The molecule has 0 unspecified atom stereocenters. The smallest absolute Gasteiger partial charge is 0.243 e. The number of aliphatic hydroxyl groups is 1. The zero-order valence-corrected chi connectivity index (χ0v) is 12.3. The molecule has 0 aromatic heterocycles. The zero-order chi connectivity index (χ0) is 14.6. The summed E-state index contributed by atoms with van der Waals surface area (Å²) >= 11 is 1.70. The van der Waals surface area contributed by atoms with E-state index in [1.807, 2.05) is 0 Å². The Balaban J connectivity index is 2.30. The first-order chi connectivity index (χ1) is 9.55. The Labute approximate surface area is 122 Å². The van der Waals surface area contributed by atoms with Crippen LogP contribution in [0.5, 0.6) is 0 Å². The standard InChI is InChI=1S/C13H14FNO3S2/c14-13-10-12(4-3-11(13)2-1-7-16)20(17,18)15-5-8-19-9-6-15/h3-4,10,16H,5-9H2. The van der Waals surface area contributed by atoms with Crippen molar-refractivity contribution in [3.8, 4) is 11.8 Å². The fourth-order valence-electron chi connectivity index (χ4n) is 1.83. The molecule has 1 aromatic carbocycles. The van der Waals surface area contributed by atoms with E-state index in [-0.39, 0.29) is 17.1 Å². The van der Waals surface area contributed by atoms with Crippen molar-refractivity contribution in [3.05, 3.63) is 29.6 Å². The second-order valence-corrected chi connectivity index (χ2v) is 7.28. The maximum absolute atomic E-state index is 13.8. The van der Waals surface area contributed by atoms with Crippen molar-refractivity contribution in [1.29, 1.82) is 0 Å². The fourth-order valence-corrected chi connectivity index (χ4v) is 4.42. The third-order valence-electron chi connectivity index (χ3n) is 2.85. The summed E-state index contributed by atoms with van der Waals surface area (Å²) in [5, 5.41) is 8.57. The summed E-state index contributed by atoms with van der Waals surface area (Å²) in [6.07, 6.45) is 0. The van der Waals surface area contributed by atoms with Crippen LogP contribution in [0.3, 0.4) is 0 Å². The minimum atomic E-state index is -3.64. The number of hydrogen-bond acceptors (Lipinski definition) is 4. The highest BCUT2D eigenvalue weighted by Gasteiger charge is 2.26. The number of rotatable bonds is 2. The van der Waals surface area contributed by atoms with Gasteiger partial charge in [0.05, 0.1) is 10.5 Å². The molecule has 1 aliphatic rings. The molecule has 0 saturated carbocycles. The number of nitrogens with zero attached hydrogens (tertiary/aromatic N) is 1. The molecular formula is C13H14FNO3S2. The summed E-state index contributed by atoms with van der Waals surface area (Å²) in [7, 11) is -3.64. The molecule has 2 rings (SSSR count). The average Bonchev–Trinajstić information content (AvgIpc) is 2.47. The molecule has 108 valence electrons. The lowest BCUT2D eigenvalue weighted by atomic mass is 10.2. The van der Waals surface area contributed by atoms with Gasteiger partial charge >= 0.3 is 0 Å². The Morgan fingerprint density at radius 3 is 2.65 bits per heavy atom. The van der Waals surface area contributed by atoms with Crippen LogP contribution >= 0.6 is 11.8 Å². The van der Waals surface area contributed by atoms with Crippen LogP contribution < -0.4 is 0 Å². The molecule has 1 fully saturated rings. The molecule has 0 radical (unpaired) electrons. The number of sulfonamides is 1. The second kappa shape index (κ2) is 6.59. The number of hydrogen-bond donors (Lipinski definition) is 1. The van der Waals surface area contributed by atoms with Crippen LogP contribution in [0, 0.1) is 17.7 Å². The van der Waals surface area contributed by atoms with Gasteiger partial charge in [0, 0.05) is 24.6 Å². The zero-order valence-electron chi connectivity index (χ0n) is 10.7. The molecule has 1 heterocycles. The summed E-state index contributed by atoms with van der Waals surface area (Å²) in [5.41, 5.74) is 0.0761. The SMILES string of the molecule is O=S(=O)(c1ccc(C#CCO)c(F)c1)N1CCSCC1. The lowest BCUT2D eigenvalue weighted by Gasteiger charge is -2.25. The van der Waals surface area contributed by atoms with Crippen molar-refractivity contribution in [2.24, 2.45) is 0 Å². The molecule has 1 saturated heterocycles. The highest BCUT2D eigenvalue weighted by atomic mass is 32.2. The van der Waals surface area contributed by atoms with Crippen LogP contribution in [0.25, 0.3) is 0 Å². The van der Waals surface area contributed by atoms with Crippen LogP contribution in [0.2, 0.25) is 0 Å². The predicted octanol–water partition coefficient (Wildman–Crippen LogP) is 0.907. The lowest BCUT2D eigenvalue weighted by molar-refractivity contribution is 0.350. The van der Waals surface area contributed by atoms with Crippen molar-refractivity contribution in [1.82, 2.24) is 4.31 Å². The van der Waals surface area contributed by atoms with E-state index in [1.54, 1.807) is 11.8 Å². The normalized spacial score (nSPS) is 16.5. The number of aliphatic hydroxyl groups excluding tert-OH is 1. The molecule has 0 bridgehead atoms. The van der Waals surface area contributed by atoms with Crippen molar-refractivity contribution in [3.63, 3.8) is 0 Å². The van der Waals surface area contributed by atoms with Gasteiger partial charge in [-0.25, -0.2) is 12.8 Å². The molecule has 0 atom stereocenters. The van der Waals surface area contributed by atoms with Crippen molar-refractivity contribution in [2.45, 2.75) is 4.90 Å². The monoisotopic (exact) mass is 315 g/mol. The first kappa shape index (κ1) is 15.3. The van der Waals surface area contributed by atoms with Gasteiger partial charge in [-0.3, -0.25) is 0 Å². The van der Waals surface area contributed by atoms with Crippen LogP contribution in [-0.2, 0) is 10.0 Å². The van der Waals surface area contributed by atoms with E-state index >= 15 is 0 Å². The summed E-state index contributed by atoms with van der Waals surface area (Å²) in [6.45, 7) is 0.520. The molecule has 0 spiro atoms. The quantitative estimate of drug-likeness (QED) is 0.824. The number of thioether (sulfide) groups is 1. The van der Waals surface area contributed by atoms with E-state index in [4.69, 9.17) is 5.11 Å². The van der Waals surface area contributed by atoms with Crippen molar-refractivity contribution >= 4 is 21.8 Å². The molecule has 1 aromatic rings. The molecular weight excluding hydrogens is 301 g/mol. The first-order valence-electron chi connectivity index (χ1n) is 6.03. The largest absolute Gasteiger partial charge is 0.384 e. The third kappa shape index (κ3) is 3.33. The highest BCUT2D eigenvalue weighted by Crippen LogP contribution is 2.21. The van der Waals surface area contributed by atoms with Gasteiger partial charge in [-0.2, -0.15) is 16.1 Å². The molecule has 1 N–H and O–H groups in total. The van der Waals surface area contributed by atoms with Gasteiger partial charge in [-0.15, -0.1) is 0 Å². The molecule has 0 aliphatic carbocycles. The van der Waals surface area contributed by atoms with Crippen LogP contribution in [0.15, 0.2) is 23.1 Å². The van der Waals surface area contributed by atoms with Crippen LogP contribution in [0.1, 0.15) is 5.56 Å². The Kier molecular flexibility index (Phi) is 5.05. The molecule has 7 heteroatoms. The Hall–Kier alpha value is -1.07. The van der Waals surface area contributed by atoms with Gasteiger partial charge in [0.1, 0.15) is 12.4 Å². The number of benzene rings is 1. The van der Waals surface area contributed by atoms with Crippen LogP contribution in [0.4, 0.5) is 4.39 Å². The maximum Gasteiger partial charge on any atom is 0.243 e. The summed E-state index contributed by atoms with van der Waals surface area (Å²) in [4.78, 5) is -0.0588. The van der Waals surface area contributed by atoms with E-state index in [0.29, 0.717) is 13.1 Å². The number of halogens is 1. The summed E-state index contributed by atoms with van der Waals surface area (Å²) in [5.74, 6) is 5.57. The van der Waals surface area contributed by atoms with E-state index in [1.165, 1.54) is 16.4 Å². The second-order valence-electron chi connectivity index (χ2n) is 4.12. The van der Waals surface area contributed by atoms with Gasteiger partial charge in [-0.1, -0.05) is 11.8 Å². The van der Waals surface area contributed by atoms with Crippen LogP contribution in [-0.4, -0.2) is 49.0 Å². The van der Waals surface area contributed by atoms with Gasteiger partial charge in [0.15, 0.2) is 0 Å².